The Hall–Kier alpha value is -1.78. The number of anilines is 1. The fraction of sp³-hybridized carbons (Fsp3) is 0.500. The molecule has 0 aliphatic heterocycles. The van der Waals surface area contributed by atoms with Crippen LogP contribution in [-0.2, 0) is 0 Å². The maximum absolute atomic E-state index is 10.7. The molecular weight excluding hydrogens is 220 g/mol. The number of methoxy groups -OCH3 is 1. The van der Waals surface area contributed by atoms with E-state index in [1.54, 1.807) is 13.2 Å². The van der Waals surface area contributed by atoms with E-state index in [0.29, 0.717) is 17.4 Å². The number of hydrogen-bond acceptors (Lipinski definition) is 4. The summed E-state index contributed by atoms with van der Waals surface area (Å²) in [6, 6.07) is 4.55. The number of benzene rings is 1. The number of ether oxygens (including phenoxy) is 1. The van der Waals surface area contributed by atoms with Crippen LogP contribution in [0.25, 0.3) is 0 Å². The van der Waals surface area contributed by atoms with E-state index in [2.05, 4.69) is 19.2 Å². The number of nitrogens with zero attached hydrogens (tertiary/aromatic N) is 1. The average molecular weight is 238 g/mol. The molecule has 0 spiro atoms. The molecule has 0 aromatic heterocycles. The van der Waals surface area contributed by atoms with Crippen LogP contribution in [0, 0.1) is 16.0 Å². The van der Waals surface area contributed by atoms with Gasteiger partial charge in [-0.3, -0.25) is 10.1 Å². The lowest BCUT2D eigenvalue weighted by Gasteiger charge is -2.14. The molecule has 1 atom stereocenters. The van der Waals surface area contributed by atoms with Crippen LogP contribution in [0.4, 0.5) is 11.4 Å². The molecule has 1 aromatic carbocycles. The maximum Gasteiger partial charge on any atom is 0.271 e. The van der Waals surface area contributed by atoms with Gasteiger partial charge in [0.05, 0.1) is 17.7 Å². The molecule has 0 saturated heterocycles. The highest BCUT2D eigenvalue weighted by atomic mass is 16.6. The van der Waals surface area contributed by atoms with Crippen LogP contribution >= 0.6 is 0 Å². The Bertz CT molecular complexity index is 393. The lowest BCUT2D eigenvalue weighted by Crippen LogP contribution is -2.11. The fourth-order valence-corrected chi connectivity index (χ4v) is 1.38. The quantitative estimate of drug-likeness (QED) is 0.611. The van der Waals surface area contributed by atoms with Crippen molar-refractivity contribution in [3.05, 3.63) is 28.3 Å². The van der Waals surface area contributed by atoms with Crippen molar-refractivity contribution in [2.45, 2.75) is 20.3 Å². The molecule has 0 amide bonds. The molecule has 94 valence electrons. The number of nitrogens with one attached hydrogen (secondary N) is 1. The van der Waals surface area contributed by atoms with Crippen molar-refractivity contribution in [2.75, 3.05) is 19.0 Å². The summed E-state index contributed by atoms with van der Waals surface area (Å²) in [5.41, 5.74) is 0.736. The molecular formula is C12H18N2O3. The first-order valence-corrected chi connectivity index (χ1v) is 5.64. The van der Waals surface area contributed by atoms with Gasteiger partial charge in [0.25, 0.3) is 5.69 Å². The highest BCUT2D eigenvalue weighted by Crippen LogP contribution is 2.29. The molecule has 0 fully saturated rings. The highest BCUT2D eigenvalue weighted by Gasteiger charge is 2.11. The van der Waals surface area contributed by atoms with E-state index in [1.165, 1.54) is 12.1 Å². The van der Waals surface area contributed by atoms with Crippen molar-refractivity contribution in [2.24, 2.45) is 5.92 Å². The van der Waals surface area contributed by atoms with Gasteiger partial charge in [-0.15, -0.1) is 0 Å². The molecule has 1 rings (SSSR count). The number of nitro groups is 1. The van der Waals surface area contributed by atoms with Crippen LogP contribution in [-0.4, -0.2) is 18.6 Å². The first-order valence-electron chi connectivity index (χ1n) is 5.64. The van der Waals surface area contributed by atoms with E-state index in [9.17, 15) is 10.1 Å². The van der Waals surface area contributed by atoms with E-state index in [-0.39, 0.29) is 5.69 Å². The molecule has 17 heavy (non-hydrogen) atoms. The first kappa shape index (κ1) is 13.3. The van der Waals surface area contributed by atoms with Gasteiger partial charge in [-0.05, 0) is 12.0 Å². The summed E-state index contributed by atoms with van der Waals surface area (Å²) in [5.74, 6) is 1.14. The van der Waals surface area contributed by atoms with Gasteiger partial charge in [0, 0.05) is 18.7 Å². The summed E-state index contributed by atoms with van der Waals surface area (Å²) < 4.78 is 5.16. The lowest BCUT2D eigenvalue weighted by molar-refractivity contribution is -0.384. The van der Waals surface area contributed by atoms with Gasteiger partial charge in [0.1, 0.15) is 5.75 Å². The molecule has 5 heteroatoms. The second-order valence-corrected chi connectivity index (χ2v) is 4.04. The summed E-state index contributed by atoms with van der Waals surface area (Å²) in [6.07, 6.45) is 1.06. The van der Waals surface area contributed by atoms with Crippen LogP contribution < -0.4 is 10.1 Å². The Labute approximate surface area is 101 Å². The van der Waals surface area contributed by atoms with Gasteiger partial charge >= 0.3 is 0 Å². The average Bonchev–Trinajstić information content (AvgIpc) is 2.35. The second-order valence-electron chi connectivity index (χ2n) is 4.04. The van der Waals surface area contributed by atoms with Crippen molar-refractivity contribution in [1.82, 2.24) is 0 Å². The van der Waals surface area contributed by atoms with E-state index >= 15 is 0 Å². The normalized spacial score (nSPS) is 11.9. The zero-order valence-electron chi connectivity index (χ0n) is 10.4. The molecule has 0 saturated carbocycles. The van der Waals surface area contributed by atoms with E-state index in [4.69, 9.17) is 4.74 Å². The Kier molecular flexibility index (Phi) is 4.75. The minimum absolute atomic E-state index is 0.0671. The predicted molar refractivity (Wildman–Crippen MR) is 67.6 cm³/mol. The zero-order chi connectivity index (χ0) is 12.8. The standard InChI is InChI=1S/C12H18N2O3/c1-4-9(2)8-13-11-7-10(14(15)16)5-6-12(11)17-3/h5-7,9,13H,4,8H2,1-3H3. The summed E-state index contributed by atoms with van der Waals surface area (Å²) in [5, 5.41) is 13.9. The predicted octanol–water partition coefficient (Wildman–Crippen LogP) is 3.06. The third-order valence-corrected chi connectivity index (χ3v) is 2.73. The van der Waals surface area contributed by atoms with Crippen LogP contribution in [0.1, 0.15) is 20.3 Å². The number of nitro benzene ring substituents is 1. The van der Waals surface area contributed by atoms with Crippen molar-refractivity contribution in [3.63, 3.8) is 0 Å². The Morgan fingerprint density at radius 1 is 1.53 bits per heavy atom. The van der Waals surface area contributed by atoms with E-state index in [0.717, 1.165) is 13.0 Å². The van der Waals surface area contributed by atoms with Crippen LogP contribution in [0.2, 0.25) is 0 Å². The molecule has 1 N–H and O–H groups in total. The van der Waals surface area contributed by atoms with Crippen molar-refractivity contribution in [3.8, 4) is 5.75 Å². The number of rotatable bonds is 6. The molecule has 0 aliphatic carbocycles. The topological polar surface area (TPSA) is 64.4 Å². The summed E-state index contributed by atoms with van der Waals surface area (Å²) in [7, 11) is 1.55. The number of non-ortho nitro benzene ring substituents is 1. The van der Waals surface area contributed by atoms with E-state index < -0.39 is 4.92 Å². The van der Waals surface area contributed by atoms with Crippen LogP contribution in [0.3, 0.4) is 0 Å². The molecule has 0 aliphatic rings. The van der Waals surface area contributed by atoms with Crippen LogP contribution in [0.15, 0.2) is 18.2 Å². The Balaban J connectivity index is 2.86. The molecule has 0 bridgehead atoms. The smallest absolute Gasteiger partial charge is 0.271 e. The van der Waals surface area contributed by atoms with Crippen molar-refractivity contribution in [1.29, 1.82) is 0 Å². The first-order chi connectivity index (χ1) is 8.08. The lowest BCUT2D eigenvalue weighted by atomic mass is 10.1. The SMILES string of the molecule is CCC(C)CNc1cc([N+](=O)[O-])ccc1OC. The largest absolute Gasteiger partial charge is 0.495 e. The van der Waals surface area contributed by atoms with Gasteiger partial charge in [0.2, 0.25) is 0 Å². The zero-order valence-corrected chi connectivity index (χ0v) is 10.4. The molecule has 1 aromatic rings. The summed E-state index contributed by atoms with van der Waals surface area (Å²) in [6.45, 7) is 5.00. The number of hydrogen-bond donors (Lipinski definition) is 1. The maximum atomic E-state index is 10.7. The van der Waals surface area contributed by atoms with Gasteiger partial charge in [0.15, 0.2) is 0 Å². The summed E-state index contributed by atoms with van der Waals surface area (Å²) >= 11 is 0. The second kappa shape index (κ2) is 6.08. The fourth-order valence-electron chi connectivity index (χ4n) is 1.38. The van der Waals surface area contributed by atoms with Crippen LogP contribution in [0.5, 0.6) is 5.75 Å². The minimum Gasteiger partial charge on any atom is -0.495 e. The summed E-state index contributed by atoms with van der Waals surface area (Å²) in [4.78, 5) is 10.3. The highest BCUT2D eigenvalue weighted by molar-refractivity contribution is 5.61. The third-order valence-electron chi connectivity index (χ3n) is 2.73. The Morgan fingerprint density at radius 2 is 2.24 bits per heavy atom. The minimum atomic E-state index is -0.409. The van der Waals surface area contributed by atoms with Gasteiger partial charge in [-0.25, -0.2) is 0 Å². The molecule has 0 heterocycles. The third kappa shape index (κ3) is 3.62. The van der Waals surface area contributed by atoms with Gasteiger partial charge in [-0.1, -0.05) is 20.3 Å². The van der Waals surface area contributed by atoms with Gasteiger partial charge < -0.3 is 10.1 Å². The molecule has 5 nitrogen and oxygen atoms in total. The molecule has 1 unspecified atom stereocenters. The van der Waals surface area contributed by atoms with E-state index in [1.807, 2.05) is 0 Å². The molecule has 0 radical (unpaired) electrons. The monoisotopic (exact) mass is 238 g/mol. The Morgan fingerprint density at radius 3 is 2.76 bits per heavy atom. The van der Waals surface area contributed by atoms with Gasteiger partial charge in [-0.2, -0.15) is 0 Å². The van der Waals surface area contributed by atoms with Crippen molar-refractivity contribution < 1.29 is 9.66 Å². The van der Waals surface area contributed by atoms with Crippen molar-refractivity contribution >= 4 is 11.4 Å².